The zero-order chi connectivity index (χ0) is 18.9. The number of esters is 1. The predicted molar refractivity (Wildman–Crippen MR) is 103 cm³/mol. The van der Waals surface area contributed by atoms with Gasteiger partial charge in [-0.05, 0) is 12.5 Å². The van der Waals surface area contributed by atoms with E-state index in [0.29, 0.717) is 16.4 Å². The summed E-state index contributed by atoms with van der Waals surface area (Å²) in [6.07, 6.45) is 2.99. The molecular formula is C18H21ClN2O4S. The molecule has 140 valence electrons. The molecule has 26 heavy (non-hydrogen) atoms. The number of hydrogen-bond acceptors (Lipinski definition) is 5. The molecule has 0 atom stereocenters. The third kappa shape index (κ3) is 5.71. The quantitative estimate of drug-likeness (QED) is 0.503. The summed E-state index contributed by atoms with van der Waals surface area (Å²) in [6, 6.07) is 7.41. The molecular weight excluding hydrogens is 376 g/mol. The van der Waals surface area contributed by atoms with E-state index in [2.05, 4.69) is 17.6 Å². The van der Waals surface area contributed by atoms with Gasteiger partial charge in [-0.2, -0.15) is 0 Å². The summed E-state index contributed by atoms with van der Waals surface area (Å²) in [5.41, 5.74) is 0. The van der Waals surface area contributed by atoms with Crippen LogP contribution in [0.4, 0.5) is 0 Å². The van der Waals surface area contributed by atoms with Gasteiger partial charge in [0.1, 0.15) is 11.4 Å². The van der Waals surface area contributed by atoms with Crippen LogP contribution in [0, 0.1) is 0 Å². The van der Waals surface area contributed by atoms with Gasteiger partial charge in [-0.3, -0.25) is 14.4 Å². The molecule has 0 saturated heterocycles. The van der Waals surface area contributed by atoms with Gasteiger partial charge in [-0.25, -0.2) is 0 Å². The fourth-order valence-electron chi connectivity index (χ4n) is 2.24. The molecule has 1 heterocycles. The largest absolute Gasteiger partial charge is 0.454 e. The first-order valence-electron chi connectivity index (χ1n) is 8.40. The first-order chi connectivity index (χ1) is 12.5. The summed E-state index contributed by atoms with van der Waals surface area (Å²) in [4.78, 5) is 35.7. The Morgan fingerprint density at radius 2 is 1.92 bits per heavy atom. The molecule has 2 amide bonds. The molecule has 0 spiro atoms. The number of thiophene rings is 1. The minimum atomic E-state index is -0.681. The molecule has 0 unspecified atom stereocenters. The minimum absolute atomic E-state index is 0.327. The Labute approximate surface area is 160 Å². The fourth-order valence-corrected chi connectivity index (χ4v) is 3.68. The van der Waals surface area contributed by atoms with Gasteiger partial charge in [0.05, 0.1) is 5.02 Å². The van der Waals surface area contributed by atoms with Crippen molar-refractivity contribution in [3.63, 3.8) is 0 Å². The van der Waals surface area contributed by atoms with Crippen LogP contribution in [0.25, 0.3) is 10.1 Å². The smallest absolute Gasteiger partial charge is 0.325 e. The van der Waals surface area contributed by atoms with Gasteiger partial charge in [-0.15, -0.1) is 11.3 Å². The summed E-state index contributed by atoms with van der Waals surface area (Å²) in [5.74, 6) is -1.48. The van der Waals surface area contributed by atoms with E-state index < -0.39 is 11.9 Å². The lowest BCUT2D eigenvalue weighted by molar-refractivity contribution is -0.147. The number of carbonyl (C=O) groups is 3. The lowest BCUT2D eigenvalue weighted by Gasteiger charge is -2.07. The summed E-state index contributed by atoms with van der Waals surface area (Å²) in [5, 5.41) is 6.29. The third-order valence-electron chi connectivity index (χ3n) is 3.60. The molecule has 0 aliphatic heterocycles. The van der Waals surface area contributed by atoms with Gasteiger partial charge in [0.25, 0.3) is 11.8 Å². The molecule has 0 aliphatic carbocycles. The standard InChI is InChI=1S/C18H21ClN2O4S/c1-2-3-6-9-20-14(22)11-25-15(23)10-21-18(24)17-16(19)12-7-4-5-8-13(12)26-17/h4-5,7-8H,2-3,6,9-11H2,1H3,(H,20,22)(H,21,24). The molecule has 6 nitrogen and oxygen atoms in total. The Morgan fingerprint density at radius 3 is 2.65 bits per heavy atom. The highest BCUT2D eigenvalue weighted by Gasteiger charge is 2.18. The maximum atomic E-state index is 12.2. The van der Waals surface area contributed by atoms with Crippen LogP contribution in [0.3, 0.4) is 0 Å². The molecule has 0 aliphatic rings. The Morgan fingerprint density at radius 1 is 1.15 bits per heavy atom. The number of benzene rings is 1. The number of fused-ring (bicyclic) bond motifs is 1. The molecule has 0 fully saturated rings. The van der Waals surface area contributed by atoms with Crippen LogP contribution in [0.1, 0.15) is 35.9 Å². The average Bonchev–Trinajstić information content (AvgIpc) is 2.98. The fraction of sp³-hybridized carbons (Fsp3) is 0.389. The van der Waals surface area contributed by atoms with Crippen LogP contribution >= 0.6 is 22.9 Å². The van der Waals surface area contributed by atoms with E-state index in [4.69, 9.17) is 16.3 Å². The molecule has 2 rings (SSSR count). The Hall–Kier alpha value is -2.12. The van der Waals surface area contributed by atoms with Crippen molar-refractivity contribution in [2.75, 3.05) is 19.7 Å². The first kappa shape index (κ1) is 20.2. The number of rotatable bonds is 9. The average molecular weight is 397 g/mol. The zero-order valence-electron chi connectivity index (χ0n) is 14.5. The monoisotopic (exact) mass is 396 g/mol. The maximum Gasteiger partial charge on any atom is 0.325 e. The second kappa shape index (κ2) is 10.1. The highest BCUT2D eigenvalue weighted by Crippen LogP contribution is 2.34. The number of ether oxygens (including phenoxy) is 1. The SMILES string of the molecule is CCCCCNC(=O)COC(=O)CNC(=O)c1sc2ccccc2c1Cl. The van der Waals surface area contributed by atoms with Gasteiger partial charge in [0, 0.05) is 16.6 Å². The molecule has 8 heteroatoms. The Balaban J connectivity index is 1.75. The van der Waals surface area contributed by atoms with Crippen molar-refractivity contribution >= 4 is 50.8 Å². The normalized spacial score (nSPS) is 10.5. The van der Waals surface area contributed by atoms with E-state index in [-0.39, 0.29) is 19.1 Å². The van der Waals surface area contributed by atoms with E-state index in [9.17, 15) is 14.4 Å². The van der Waals surface area contributed by atoms with Crippen molar-refractivity contribution in [3.8, 4) is 0 Å². The van der Waals surface area contributed by atoms with Gasteiger partial charge in [-0.1, -0.05) is 49.6 Å². The van der Waals surface area contributed by atoms with Crippen LogP contribution in [0.5, 0.6) is 0 Å². The van der Waals surface area contributed by atoms with E-state index in [1.807, 2.05) is 24.3 Å². The lowest BCUT2D eigenvalue weighted by atomic mass is 10.2. The Bertz CT molecular complexity index is 791. The molecule has 1 aromatic heterocycles. The highest BCUT2D eigenvalue weighted by atomic mass is 35.5. The van der Waals surface area contributed by atoms with Gasteiger partial charge < -0.3 is 15.4 Å². The number of halogens is 1. The van der Waals surface area contributed by atoms with Crippen molar-refractivity contribution in [1.82, 2.24) is 10.6 Å². The van der Waals surface area contributed by atoms with Crippen molar-refractivity contribution in [1.29, 1.82) is 0 Å². The summed E-state index contributed by atoms with van der Waals surface area (Å²) < 4.78 is 5.73. The molecule has 0 radical (unpaired) electrons. The summed E-state index contributed by atoms with van der Waals surface area (Å²) in [7, 11) is 0. The van der Waals surface area contributed by atoms with Gasteiger partial charge in [0.2, 0.25) is 0 Å². The second-order valence-corrected chi connectivity index (χ2v) is 7.07. The van der Waals surface area contributed by atoms with Crippen LogP contribution in [-0.2, 0) is 14.3 Å². The molecule has 1 aromatic carbocycles. The van der Waals surface area contributed by atoms with E-state index in [0.717, 1.165) is 29.3 Å². The topological polar surface area (TPSA) is 84.5 Å². The molecule has 2 aromatic rings. The van der Waals surface area contributed by atoms with Crippen LogP contribution in [0.15, 0.2) is 24.3 Å². The molecule has 2 N–H and O–H groups in total. The van der Waals surface area contributed by atoms with E-state index >= 15 is 0 Å². The van der Waals surface area contributed by atoms with Crippen molar-refractivity contribution in [2.24, 2.45) is 0 Å². The minimum Gasteiger partial charge on any atom is -0.454 e. The molecule has 0 bridgehead atoms. The van der Waals surface area contributed by atoms with E-state index in [1.165, 1.54) is 11.3 Å². The highest BCUT2D eigenvalue weighted by molar-refractivity contribution is 7.21. The van der Waals surface area contributed by atoms with Crippen LogP contribution in [0.2, 0.25) is 5.02 Å². The number of carbonyl (C=O) groups excluding carboxylic acids is 3. The first-order valence-corrected chi connectivity index (χ1v) is 9.60. The van der Waals surface area contributed by atoms with Gasteiger partial charge in [0.15, 0.2) is 6.61 Å². The van der Waals surface area contributed by atoms with Gasteiger partial charge >= 0.3 is 5.97 Å². The third-order valence-corrected chi connectivity index (χ3v) is 5.28. The van der Waals surface area contributed by atoms with Crippen molar-refractivity contribution in [3.05, 3.63) is 34.2 Å². The van der Waals surface area contributed by atoms with Crippen LogP contribution < -0.4 is 10.6 Å². The van der Waals surface area contributed by atoms with Crippen molar-refractivity contribution in [2.45, 2.75) is 26.2 Å². The lowest BCUT2D eigenvalue weighted by Crippen LogP contribution is -2.34. The van der Waals surface area contributed by atoms with E-state index in [1.54, 1.807) is 0 Å². The zero-order valence-corrected chi connectivity index (χ0v) is 16.0. The summed E-state index contributed by atoms with van der Waals surface area (Å²) in [6.45, 7) is 1.95. The maximum absolute atomic E-state index is 12.2. The number of nitrogens with one attached hydrogen (secondary N) is 2. The number of hydrogen-bond donors (Lipinski definition) is 2. The molecule has 0 saturated carbocycles. The van der Waals surface area contributed by atoms with Crippen molar-refractivity contribution < 1.29 is 19.1 Å². The Kier molecular flexibility index (Phi) is 7.87. The summed E-state index contributed by atoms with van der Waals surface area (Å²) >= 11 is 7.48. The van der Waals surface area contributed by atoms with Crippen LogP contribution in [-0.4, -0.2) is 37.5 Å². The number of unbranched alkanes of at least 4 members (excludes halogenated alkanes) is 2. The predicted octanol–water partition coefficient (Wildman–Crippen LogP) is 3.13. The second-order valence-electron chi connectivity index (χ2n) is 5.64. The number of amides is 2.